The molecule has 126 valence electrons. The Hall–Kier alpha value is -3.26. The highest BCUT2D eigenvalue weighted by molar-refractivity contribution is 5.88. The first kappa shape index (κ1) is 15.0. The van der Waals surface area contributed by atoms with E-state index in [4.69, 9.17) is 0 Å². The van der Waals surface area contributed by atoms with Gasteiger partial charge >= 0.3 is 0 Å². The van der Waals surface area contributed by atoms with Crippen molar-refractivity contribution in [2.24, 2.45) is 0 Å². The zero-order chi connectivity index (χ0) is 17.8. The number of para-hydroxylation sites is 2. The monoisotopic (exact) mass is 345 g/mol. The first-order chi connectivity index (χ1) is 12.7. The summed E-state index contributed by atoms with van der Waals surface area (Å²) < 4.78 is 30.0. The number of hydrogen-bond acceptors (Lipinski definition) is 2. The van der Waals surface area contributed by atoms with E-state index < -0.39 is 11.6 Å². The van der Waals surface area contributed by atoms with Crippen LogP contribution in [-0.4, -0.2) is 9.38 Å². The molecule has 0 amide bonds. The van der Waals surface area contributed by atoms with E-state index in [2.05, 4.69) is 11.1 Å². The lowest BCUT2D eigenvalue weighted by molar-refractivity contribution is 0.585. The van der Waals surface area contributed by atoms with Crippen molar-refractivity contribution in [2.45, 2.75) is 19.3 Å². The van der Waals surface area contributed by atoms with Gasteiger partial charge < -0.3 is 0 Å². The van der Waals surface area contributed by atoms with Gasteiger partial charge in [-0.2, -0.15) is 5.26 Å². The molecule has 5 rings (SSSR count). The van der Waals surface area contributed by atoms with Gasteiger partial charge in [0.25, 0.3) is 0 Å². The van der Waals surface area contributed by atoms with Crippen molar-refractivity contribution in [1.82, 2.24) is 9.38 Å². The Kier molecular flexibility index (Phi) is 3.10. The maximum atomic E-state index is 14.7. The number of pyridine rings is 1. The smallest absolute Gasteiger partial charge is 0.156 e. The van der Waals surface area contributed by atoms with Gasteiger partial charge in [0.05, 0.1) is 22.3 Å². The molecule has 26 heavy (non-hydrogen) atoms. The molecule has 0 atom stereocenters. The molecule has 2 aromatic heterocycles. The normalized spacial score (nSPS) is 13.3. The van der Waals surface area contributed by atoms with Crippen molar-refractivity contribution >= 4 is 16.7 Å². The van der Waals surface area contributed by atoms with E-state index in [1.54, 1.807) is 0 Å². The molecule has 5 heteroatoms. The molecule has 2 heterocycles. The third-order valence-corrected chi connectivity index (χ3v) is 5.11. The first-order valence-corrected chi connectivity index (χ1v) is 8.49. The van der Waals surface area contributed by atoms with Crippen molar-refractivity contribution in [3.8, 4) is 17.3 Å². The second-order valence-electron chi connectivity index (χ2n) is 6.53. The zero-order valence-corrected chi connectivity index (χ0v) is 13.8. The van der Waals surface area contributed by atoms with Crippen molar-refractivity contribution in [3.05, 3.63) is 70.8 Å². The van der Waals surface area contributed by atoms with E-state index in [0.717, 1.165) is 47.5 Å². The molecule has 0 bridgehead atoms. The number of halogens is 2. The molecule has 3 nitrogen and oxygen atoms in total. The predicted octanol–water partition coefficient (Wildman–Crippen LogP) is 4.79. The number of benzene rings is 2. The van der Waals surface area contributed by atoms with Gasteiger partial charge in [-0.05, 0) is 54.7 Å². The third-order valence-electron chi connectivity index (χ3n) is 5.11. The van der Waals surface area contributed by atoms with Gasteiger partial charge in [-0.25, -0.2) is 13.8 Å². The molecule has 0 N–H and O–H groups in total. The molecule has 4 aromatic rings. The second-order valence-corrected chi connectivity index (χ2v) is 6.53. The Labute approximate surface area is 148 Å². The van der Waals surface area contributed by atoms with E-state index in [1.807, 2.05) is 28.7 Å². The van der Waals surface area contributed by atoms with Crippen LogP contribution >= 0.6 is 0 Å². The minimum atomic E-state index is -0.608. The van der Waals surface area contributed by atoms with Crippen LogP contribution < -0.4 is 0 Å². The average molecular weight is 345 g/mol. The second kappa shape index (κ2) is 5.37. The van der Waals surface area contributed by atoms with Crippen molar-refractivity contribution < 1.29 is 8.78 Å². The number of fused-ring (bicyclic) bond motifs is 4. The van der Waals surface area contributed by atoms with Crippen LogP contribution in [-0.2, 0) is 12.8 Å². The topological polar surface area (TPSA) is 41.1 Å². The van der Waals surface area contributed by atoms with Crippen LogP contribution in [0.1, 0.15) is 23.1 Å². The summed E-state index contributed by atoms with van der Waals surface area (Å²) in [6.45, 7) is 0. The molecule has 1 aliphatic carbocycles. The summed E-state index contributed by atoms with van der Waals surface area (Å²) in [4.78, 5) is 4.64. The fraction of sp³-hybridized carbons (Fsp3) is 0.143. The number of nitriles is 1. The lowest BCUT2D eigenvalue weighted by Crippen LogP contribution is -2.04. The van der Waals surface area contributed by atoms with Crippen molar-refractivity contribution in [1.29, 1.82) is 5.26 Å². The Morgan fingerprint density at radius 3 is 2.65 bits per heavy atom. The molecular weight excluding hydrogens is 332 g/mol. The maximum Gasteiger partial charge on any atom is 0.156 e. The number of rotatable bonds is 1. The maximum absolute atomic E-state index is 14.7. The van der Waals surface area contributed by atoms with Gasteiger partial charge in [-0.15, -0.1) is 0 Å². The molecule has 0 spiro atoms. The van der Waals surface area contributed by atoms with Crippen LogP contribution in [0.2, 0.25) is 0 Å². The highest BCUT2D eigenvalue weighted by atomic mass is 19.1. The Morgan fingerprint density at radius 1 is 1.04 bits per heavy atom. The molecule has 0 saturated carbocycles. The van der Waals surface area contributed by atoms with Gasteiger partial charge in [0.2, 0.25) is 0 Å². The summed E-state index contributed by atoms with van der Waals surface area (Å²) in [7, 11) is 0. The van der Waals surface area contributed by atoms with Crippen LogP contribution in [0.15, 0.2) is 42.5 Å². The lowest BCUT2D eigenvalue weighted by Gasteiger charge is -2.15. The standard InChI is InChI=1S/C21H13F2N3/c22-12-8-9-15(17(23)10-12)20-14-5-3-4-13(14)16(11-24)21-25-18-6-1-2-7-19(18)26(20)21/h1-2,6-10H,3-5H2. The van der Waals surface area contributed by atoms with Gasteiger partial charge in [0.1, 0.15) is 17.7 Å². The van der Waals surface area contributed by atoms with Crippen LogP contribution in [0.3, 0.4) is 0 Å². The number of aromatic nitrogens is 2. The molecule has 0 fully saturated rings. The fourth-order valence-electron chi connectivity index (χ4n) is 4.05. The van der Waals surface area contributed by atoms with E-state index in [0.29, 0.717) is 22.5 Å². The molecular formula is C21H13F2N3. The van der Waals surface area contributed by atoms with Crippen LogP contribution in [0.4, 0.5) is 8.78 Å². The summed E-state index contributed by atoms with van der Waals surface area (Å²) in [6, 6.07) is 13.5. The van der Waals surface area contributed by atoms with Gasteiger partial charge in [0.15, 0.2) is 5.65 Å². The summed E-state index contributed by atoms with van der Waals surface area (Å²) in [5, 5.41) is 9.75. The summed E-state index contributed by atoms with van der Waals surface area (Å²) in [5.41, 5.74) is 5.56. The first-order valence-electron chi connectivity index (χ1n) is 8.49. The van der Waals surface area contributed by atoms with E-state index in [-0.39, 0.29) is 0 Å². The third kappa shape index (κ3) is 1.93. The van der Waals surface area contributed by atoms with E-state index in [9.17, 15) is 14.0 Å². The Balaban J connectivity index is 2.04. The van der Waals surface area contributed by atoms with Crippen LogP contribution in [0.5, 0.6) is 0 Å². The van der Waals surface area contributed by atoms with Crippen molar-refractivity contribution in [3.63, 3.8) is 0 Å². The number of imidazole rings is 1. The highest BCUT2D eigenvalue weighted by Crippen LogP contribution is 2.39. The molecule has 2 aromatic carbocycles. The Bertz CT molecular complexity index is 1250. The SMILES string of the molecule is N#Cc1c2c(c(-c3ccc(F)cc3F)n3c1nc1ccccc13)CCC2. The molecule has 0 saturated heterocycles. The van der Waals surface area contributed by atoms with Gasteiger partial charge in [-0.1, -0.05) is 12.1 Å². The highest BCUT2D eigenvalue weighted by Gasteiger charge is 2.27. The number of nitrogens with zero attached hydrogens (tertiary/aromatic N) is 3. The molecule has 0 aliphatic heterocycles. The number of hydrogen-bond donors (Lipinski definition) is 0. The molecule has 1 aliphatic rings. The molecule has 0 radical (unpaired) electrons. The van der Waals surface area contributed by atoms with Crippen molar-refractivity contribution in [2.75, 3.05) is 0 Å². The fourth-order valence-corrected chi connectivity index (χ4v) is 4.05. The largest absolute Gasteiger partial charge is 0.291 e. The molecule has 0 unspecified atom stereocenters. The van der Waals surface area contributed by atoms with Gasteiger partial charge in [-0.3, -0.25) is 4.40 Å². The average Bonchev–Trinajstić information content (AvgIpc) is 3.25. The van der Waals surface area contributed by atoms with Gasteiger partial charge in [0, 0.05) is 11.6 Å². The quantitative estimate of drug-likeness (QED) is 0.497. The lowest BCUT2D eigenvalue weighted by atomic mass is 9.98. The summed E-state index contributed by atoms with van der Waals surface area (Å²) >= 11 is 0. The van der Waals surface area contributed by atoms with Crippen LogP contribution in [0.25, 0.3) is 27.9 Å². The Morgan fingerprint density at radius 2 is 1.85 bits per heavy atom. The minimum Gasteiger partial charge on any atom is -0.291 e. The van der Waals surface area contributed by atoms with Crippen LogP contribution in [0, 0.1) is 23.0 Å². The predicted molar refractivity (Wildman–Crippen MR) is 94.8 cm³/mol. The summed E-state index contributed by atoms with van der Waals surface area (Å²) in [5.74, 6) is -1.22. The minimum absolute atomic E-state index is 0.335. The van der Waals surface area contributed by atoms with E-state index in [1.165, 1.54) is 12.1 Å². The van der Waals surface area contributed by atoms with E-state index >= 15 is 0 Å². The zero-order valence-electron chi connectivity index (χ0n) is 13.8. The summed E-state index contributed by atoms with van der Waals surface area (Å²) in [6.07, 6.45) is 2.44.